The molecule has 0 aromatic rings. The predicted octanol–water partition coefficient (Wildman–Crippen LogP) is 1.43. The maximum Gasteiger partial charge on any atom is 0.341 e. The second-order valence-electron chi connectivity index (χ2n) is 2.35. The van der Waals surface area contributed by atoms with Gasteiger partial charge in [-0.25, -0.2) is 0 Å². The third-order valence-corrected chi connectivity index (χ3v) is 3.10. The first-order valence-electron chi connectivity index (χ1n) is 3.94. The van der Waals surface area contributed by atoms with Gasteiger partial charge in [0.05, 0.1) is 6.61 Å². The van der Waals surface area contributed by atoms with E-state index in [9.17, 15) is 9.36 Å². The Bertz CT molecular complexity index is 195. The van der Waals surface area contributed by atoms with E-state index in [2.05, 4.69) is 9.05 Å². The highest BCUT2D eigenvalue weighted by molar-refractivity contribution is 7.54. The maximum atomic E-state index is 11.4. The third-order valence-electron chi connectivity index (χ3n) is 1.35. The van der Waals surface area contributed by atoms with Crippen LogP contribution in [0, 0.1) is 0 Å². The van der Waals surface area contributed by atoms with Crippen molar-refractivity contribution in [1.29, 1.82) is 0 Å². The lowest BCUT2D eigenvalue weighted by molar-refractivity contribution is -0.140. The Morgan fingerprint density at radius 1 is 1.31 bits per heavy atom. The number of hydrogen-bond donors (Lipinski definition) is 0. The summed E-state index contributed by atoms with van der Waals surface area (Å²) in [5.74, 6) is -0.561. The fraction of sp³-hybridized carbons (Fsp3) is 0.857. The minimum Gasteiger partial charge on any atom is -0.465 e. The second kappa shape index (κ2) is 6.13. The summed E-state index contributed by atoms with van der Waals surface area (Å²) in [5.41, 5.74) is 0. The number of hydrogen-bond acceptors (Lipinski definition) is 5. The molecule has 0 amide bonds. The van der Waals surface area contributed by atoms with Crippen LogP contribution in [0.25, 0.3) is 0 Å². The largest absolute Gasteiger partial charge is 0.465 e. The molecular formula is C7H15O5P. The average molecular weight is 210 g/mol. The fourth-order valence-electron chi connectivity index (χ4n) is 0.623. The summed E-state index contributed by atoms with van der Waals surface area (Å²) in [6.45, 7) is 2.20. The van der Waals surface area contributed by atoms with E-state index in [0.29, 0.717) is 6.61 Å². The van der Waals surface area contributed by atoms with Crippen LogP contribution >= 0.6 is 7.60 Å². The number of esters is 1. The van der Waals surface area contributed by atoms with Gasteiger partial charge in [0.1, 0.15) is 6.16 Å². The van der Waals surface area contributed by atoms with E-state index in [1.54, 1.807) is 0 Å². The Labute approximate surface area is 77.9 Å². The van der Waals surface area contributed by atoms with E-state index in [-0.39, 0.29) is 6.16 Å². The summed E-state index contributed by atoms with van der Waals surface area (Å²) in [5, 5.41) is 0. The Balaban J connectivity index is 3.95. The number of rotatable bonds is 6. The SMILES string of the molecule is CCCOC(=O)CP(=O)(OC)OC. The molecule has 0 N–H and O–H groups in total. The Morgan fingerprint density at radius 3 is 2.23 bits per heavy atom. The summed E-state index contributed by atoms with van der Waals surface area (Å²) in [6.07, 6.45) is 0.399. The van der Waals surface area contributed by atoms with Gasteiger partial charge in [-0.2, -0.15) is 0 Å². The van der Waals surface area contributed by atoms with E-state index in [1.165, 1.54) is 14.2 Å². The fourth-order valence-corrected chi connectivity index (χ4v) is 1.44. The monoisotopic (exact) mass is 210 g/mol. The van der Waals surface area contributed by atoms with Crippen LogP contribution in [0.1, 0.15) is 13.3 Å². The smallest absolute Gasteiger partial charge is 0.341 e. The molecule has 5 nitrogen and oxygen atoms in total. The number of carbonyl (C=O) groups excluding carboxylic acids is 1. The zero-order valence-corrected chi connectivity index (χ0v) is 9.00. The highest BCUT2D eigenvalue weighted by Gasteiger charge is 2.26. The molecule has 0 aromatic heterocycles. The first-order chi connectivity index (χ1) is 6.08. The molecule has 0 aliphatic heterocycles. The standard InChI is InChI=1S/C7H15O5P/c1-4-5-12-7(8)6-13(9,10-2)11-3/h4-6H2,1-3H3. The van der Waals surface area contributed by atoms with Crippen LogP contribution in [0.4, 0.5) is 0 Å². The highest BCUT2D eigenvalue weighted by Crippen LogP contribution is 2.45. The zero-order valence-electron chi connectivity index (χ0n) is 8.11. The number of ether oxygens (including phenoxy) is 1. The minimum absolute atomic E-state index is 0.326. The molecule has 0 saturated heterocycles. The lowest BCUT2D eigenvalue weighted by Crippen LogP contribution is -2.12. The molecule has 0 rings (SSSR count). The predicted molar refractivity (Wildman–Crippen MR) is 47.7 cm³/mol. The van der Waals surface area contributed by atoms with Crippen molar-refractivity contribution in [2.45, 2.75) is 13.3 Å². The summed E-state index contributed by atoms with van der Waals surface area (Å²) >= 11 is 0. The Hall–Kier alpha value is -0.380. The van der Waals surface area contributed by atoms with Crippen molar-refractivity contribution >= 4 is 13.6 Å². The van der Waals surface area contributed by atoms with Crippen LogP contribution in [-0.2, 0) is 23.1 Å². The average Bonchev–Trinajstić information content (AvgIpc) is 2.14. The summed E-state index contributed by atoms with van der Waals surface area (Å²) in [4.78, 5) is 11.0. The van der Waals surface area contributed by atoms with Gasteiger partial charge in [-0.1, -0.05) is 6.92 Å². The second-order valence-corrected chi connectivity index (χ2v) is 4.62. The van der Waals surface area contributed by atoms with Gasteiger partial charge in [-0.05, 0) is 6.42 Å². The molecular weight excluding hydrogens is 195 g/mol. The topological polar surface area (TPSA) is 61.8 Å². The molecule has 0 spiro atoms. The van der Waals surface area contributed by atoms with Crippen molar-refractivity contribution in [3.05, 3.63) is 0 Å². The first-order valence-corrected chi connectivity index (χ1v) is 5.67. The molecule has 0 heterocycles. The van der Waals surface area contributed by atoms with Gasteiger partial charge >= 0.3 is 13.6 Å². The van der Waals surface area contributed by atoms with Gasteiger partial charge in [0.15, 0.2) is 0 Å². The van der Waals surface area contributed by atoms with Crippen LogP contribution in [0.5, 0.6) is 0 Å². The normalized spacial score (nSPS) is 11.3. The van der Waals surface area contributed by atoms with Crippen molar-refractivity contribution in [3.63, 3.8) is 0 Å². The summed E-state index contributed by atoms with van der Waals surface area (Å²) in [7, 11) is -0.785. The van der Waals surface area contributed by atoms with Gasteiger partial charge in [0, 0.05) is 14.2 Å². The van der Waals surface area contributed by atoms with Gasteiger partial charge in [0.25, 0.3) is 0 Å². The van der Waals surface area contributed by atoms with Gasteiger partial charge in [-0.15, -0.1) is 0 Å². The molecule has 0 radical (unpaired) electrons. The third kappa shape index (κ3) is 5.03. The molecule has 13 heavy (non-hydrogen) atoms. The van der Waals surface area contributed by atoms with Crippen LogP contribution in [0.2, 0.25) is 0 Å². The Kier molecular flexibility index (Phi) is 5.95. The van der Waals surface area contributed by atoms with Gasteiger partial charge in [0.2, 0.25) is 0 Å². The van der Waals surface area contributed by atoms with Crippen molar-refractivity contribution in [2.24, 2.45) is 0 Å². The minimum atomic E-state index is -3.25. The molecule has 0 atom stereocenters. The summed E-state index contributed by atoms with van der Waals surface area (Å²) < 4.78 is 25.2. The molecule has 0 bridgehead atoms. The van der Waals surface area contributed by atoms with E-state index in [4.69, 9.17) is 4.74 Å². The van der Waals surface area contributed by atoms with Gasteiger partial charge < -0.3 is 13.8 Å². The Morgan fingerprint density at radius 2 is 1.85 bits per heavy atom. The van der Waals surface area contributed by atoms with Crippen LogP contribution in [0.15, 0.2) is 0 Å². The molecule has 6 heteroatoms. The summed E-state index contributed by atoms with van der Waals surface area (Å²) in [6, 6.07) is 0. The molecule has 0 saturated carbocycles. The molecule has 78 valence electrons. The van der Waals surface area contributed by atoms with E-state index >= 15 is 0 Å². The molecule has 0 aliphatic carbocycles. The molecule has 0 aromatic carbocycles. The van der Waals surface area contributed by atoms with E-state index in [0.717, 1.165) is 6.42 Å². The lowest BCUT2D eigenvalue weighted by atomic mass is 10.5. The van der Waals surface area contributed by atoms with Gasteiger partial charge in [-0.3, -0.25) is 9.36 Å². The van der Waals surface area contributed by atoms with Crippen LogP contribution < -0.4 is 0 Å². The zero-order chi connectivity index (χ0) is 10.3. The van der Waals surface area contributed by atoms with E-state index in [1.807, 2.05) is 6.92 Å². The van der Waals surface area contributed by atoms with Crippen LogP contribution in [0.3, 0.4) is 0 Å². The van der Waals surface area contributed by atoms with Crippen molar-refractivity contribution < 1.29 is 23.1 Å². The number of carbonyl (C=O) groups is 1. The van der Waals surface area contributed by atoms with Crippen molar-refractivity contribution in [2.75, 3.05) is 27.0 Å². The molecule has 0 fully saturated rings. The van der Waals surface area contributed by atoms with Crippen LogP contribution in [-0.4, -0.2) is 33.0 Å². The van der Waals surface area contributed by atoms with Crippen molar-refractivity contribution in [1.82, 2.24) is 0 Å². The molecule has 0 unspecified atom stereocenters. The highest BCUT2D eigenvalue weighted by atomic mass is 31.2. The quantitative estimate of drug-likeness (QED) is 0.490. The lowest BCUT2D eigenvalue weighted by Gasteiger charge is -2.12. The maximum absolute atomic E-state index is 11.4. The molecule has 0 aliphatic rings. The van der Waals surface area contributed by atoms with Crippen molar-refractivity contribution in [3.8, 4) is 0 Å². The first kappa shape index (κ1) is 12.6. The van der Waals surface area contributed by atoms with E-state index < -0.39 is 13.6 Å².